The number of benzene rings is 1. The van der Waals surface area contributed by atoms with Crippen molar-refractivity contribution < 1.29 is 18.8 Å². The summed E-state index contributed by atoms with van der Waals surface area (Å²) < 4.78 is 5.92. The topological polar surface area (TPSA) is 58.6 Å². The van der Waals surface area contributed by atoms with Crippen molar-refractivity contribution in [2.45, 2.75) is 13.8 Å². The second kappa shape index (κ2) is 7.79. The van der Waals surface area contributed by atoms with Gasteiger partial charge in [0, 0.05) is 14.1 Å². The van der Waals surface area contributed by atoms with Crippen LogP contribution in [0.2, 0.25) is 0 Å². The van der Waals surface area contributed by atoms with E-state index in [9.17, 15) is 9.59 Å². The highest BCUT2D eigenvalue weighted by Gasteiger charge is 2.22. The molecule has 22 heavy (non-hydrogen) atoms. The van der Waals surface area contributed by atoms with Gasteiger partial charge in [-0.3, -0.25) is 4.79 Å². The zero-order valence-corrected chi connectivity index (χ0v) is 14.0. The first kappa shape index (κ1) is 18.0. The molecule has 1 aromatic rings. The van der Waals surface area contributed by atoms with E-state index in [0.29, 0.717) is 22.5 Å². The molecule has 0 heterocycles. The Morgan fingerprint density at radius 3 is 2.32 bits per heavy atom. The maximum absolute atomic E-state index is 12.2. The second-order valence-corrected chi connectivity index (χ2v) is 5.72. The Hall–Kier alpha value is -2.08. The Morgan fingerprint density at radius 2 is 1.77 bits per heavy atom. The number of rotatable bonds is 6. The van der Waals surface area contributed by atoms with Crippen LogP contribution in [0.4, 0.5) is 10.5 Å². The molecule has 0 aliphatic rings. The summed E-state index contributed by atoms with van der Waals surface area (Å²) in [5.41, 5.74) is 0.501. The largest absolute Gasteiger partial charge is 0.414 e. The molecule has 0 aliphatic carbocycles. The number of nitrogens with zero attached hydrogens (tertiary/aromatic N) is 2. The Labute approximate surface area is 132 Å². The lowest BCUT2D eigenvalue weighted by atomic mass is 10.3. The maximum Gasteiger partial charge on any atom is 0.414 e. The van der Waals surface area contributed by atoms with Crippen molar-refractivity contribution in [3.8, 4) is 5.75 Å². The van der Waals surface area contributed by atoms with E-state index < -0.39 is 6.09 Å². The van der Waals surface area contributed by atoms with Crippen molar-refractivity contribution in [1.82, 2.24) is 4.90 Å². The molecule has 6 nitrogen and oxygen atoms in total. The lowest BCUT2D eigenvalue weighted by Crippen LogP contribution is -2.48. The minimum Gasteiger partial charge on any atom is -0.408 e. The van der Waals surface area contributed by atoms with Crippen LogP contribution >= 0.6 is 0 Å². The van der Waals surface area contributed by atoms with Gasteiger partial charge in [-0.2, -0.15) is 0 Å². The van der Waals surface area contributed by atoms with Crippen LogP contribution in [-0.4, -0.2) is 62.2 Å². The summed E-state index contributed by atoms with van der Waals surface area (Å²) in [6.45, 7) is 6.25. The fourth-order valence-electron chi connectivity index (χ4n) is 1.83. The van der Waals surface area contributed by atoms with Crippen LogP contribution < -0.4 is 10.1 Å². The Morgan fingerprint density at radius 1 is 1.18 bits per heavy atom. The van der Waals surface area contributed by atoms with Gasteiger partial charge in [-0.1, -0.05) is 12.1 Å². The molecule has 0 aliphatic heterocycles. The molecule has 2 amide bonds. The van der Waals surface area contributed by atoms with Crippen LogP contribution in [0.25, 0.3) is 0 Å². The number of carbonyl (C=O) groups is 2. The number of carbonyl (C=O) groups excluding carboxylic acids is 2. The molecule has 0 unspecified atom stereocenters. The predicted octanol–water partition coefficient (Wildman–Crippen LogP) is 2.17. The molecule has 122 valence electrons. The first-order valence-corrected chi connectivity index (χ1v) is 7.43. The van der Waals surface area contributed by atoms with E-state index in [1.807, 2.05) is 7.05 Å². The molecule has 0 saturated heterocycles. The molecule has 0 radical (unpaired) electrons. The third-order valence-electron chi connectivity index (χ3n) is 3.78. The molecular formula is C16H26N3O3+. The van der Waals surface area contributed by atoms with Crippen molar-refractivity contribution in [2.75, 3.05) is 46.1 Å². The average molecular weight is 308 g/mol. The summed E-state index contributed by atoms with van der Waals surface area (Å²) in [6, 6.07) is 6.92. The highest BCUT2D eigenvalue weighted by atomic mass is 16.6. The molecule has 0 bridgehead atoms. The van der Waals surface area contributed by atoms with E-state index in [2.05, 4.69) is 19.2 Å². The lowest BCUT2D eigenvalue weighted by molar-refractivity contribution is -0.898. The molecule has 1 N–H and O–H groups in total. The van der Waals surface area contributed by atoms with Crippen LogP contribution in [0.15, 0.2) is 24.3 Å². The molecule has 1 aromatic carbocycles. The minimum absolute atomic E-state index is 0.0976. The highest BCUT2D eigenvalue weighted by Crippen LogP contribution is 2.24. The van der Waals surface area contributed by atoms with Gasteiger partial charge in [0.25, 0.3) is 5.91 Å². The number of hydrogen-bond donors (Lipinski definition) is 1. The first-order chi connectivity index (χ1) is 10.3. The van der Waals surface area contributed by atoms with Crippen LogP contribution in [0.5, 0.6) is 5.75 Å². The van der Waals surface area contributed by atoms with Gasteiger partial charge in [0.1, 0.15) is 0 Å². The van der Waals surface area contributed by atoms with Gasteiger partial charge in [-0.15, -0.1) is 0 Å². The van der Waals surface area contributed by atoms with Gasteiger partial charge in [0.15, 0.2) is 12.3 Å². The van der Waals surface area contributed by atoms with Crippen molar-refractivity contribution in [3.05, 3.63) is 24.3 Å². The molecule has 6 heteroatoms. The number of likely N-dealkylation sites (N-methyl/N-ethyl adjacent to an activating group) is 1. The number of amides is 2. The van der Waals surface area contributed by atoms with Crippen molar-refractivity contribution in [3.63, 3.8) is 0 Å². The maximum atomic E-state index is 12.2. The van der Waals surface area contributed by atoms with Gasteiger partial charge >= 0.3 is 6.09 Å². The molecular weight excluding hydrogens is 282 g/mol. The molecule has 0 fully saturated rings. The molecule has 0 aromatic heterocycles. The summed E-state index contributed by atoms with van der Waals surface area (Å²) in [6.07, 6.45) is -0.482. The molecule has 0 spiro atoms. The fourth-order valence-corrected chi connectivity index (χ4v) is 1.83. The smallest absolute Gasteiger partial charge is 0.408 e. The predicted molar refractivity (Wildman–Crippen MR) is 86.9 cm³/mol. The van der Waals surface area contributed by atoms with Crippen LogP contribution in [0.3, 0.4) is 0 Å². The standard InChI is InChI=1S/C16H25N3O3/c1-6-19(5,7-2)12-15(20)17-13-10-8-9-11-14(13)22-16(21)18(3)4/h8-11H,6-7,12H2,1-5H3/p+1. The van der Waals surface area contributed by atoms with Gasteiger partial charge in [-0.25, -0.2) is 4.79 Å². The van der Waals surface area contributed by atoms with Crippen LogP contribution in [0.1, 0.15) is 13.8 Å². The van der Waals surface area contributed by atoms with Crippen LogP contribution in [-0.2, 0) is 4.79 Å². The van der Waals surface area contributed by atoms with E-state index in [0.717, 1.165) is 13.1 Å². The Bertz CT molecular complexity index is 525. The van der Waals surface area contributed by atoms with Gasteiger partial charge in [-0.05, 0) is 26.0 Å². The van der Waals surface area contributed by atoms with E-state index in [1.165, 1.54) is 4.90 Å². The zero-order chi connectivity index (χ0) is 16.8. The monoisotopic (exact) mass is 308 g/mol. The van der Waals surface area contributed by atoms with Crippen molar-refractivity contribution >= 4 is 17.7 Å². The minimum atomic E-state index is -0.482. The number of ether oxygens (including phenoxy) is 1. The Kier molecular flexibility index (Phi) is 6.37. The highest BCUT2D eigenvalue weighted by molar-refractivity contribution is 5.93. The summed E-state index contributed by atoms with van der Waals surface area (Å²) in [5.74, 6) is 0.247. The van der Waals surface area contributed by atoms with Crippen molar-refractivity contribution in [1.29, 1.82) is 0 Å². The number of hydrogen-bond acceptors (Lipinski definition) is 3. The van der Waals surface area contributed by atoms with E-state index in [1.54, 1.807) is 38.4 Å². The molecule has 1 rings (SSSR count). The van der Waals surface area contributed by atoms with E-state index in [4.69, 9.17) is 4.74 Å². The Balaban J connectivity index is 2.81. The number of nitrogens with one attached hydrogen (secondary N) is 1. The lowest BCUT2D eigenvalue weighted by Gasteiger charge is -2.31. The normalized spacial score (nSPS) is 11.0. The number of anilines is 1. The average Bonchev–Trinajstić information content (AvgIpc) is 2.48. The molecule has 0 atom stereocenters. The van der Waals surface area contributed by atoms with Gasteiger partial charge < -0.3 is 19.4 Å². The van der Waals surface area contributed by atoms with E-state index in [-0.39, 0.29) is 5.91 Å². The quantitative estimate of drug-likeness (QED) is 0.819. The SMILES string of the molecule is CC[N+](C)(CC)CC(=O)Nc1ccccc1OC(=O)N(C)C. The summed E-state index contributed by atoms with van der Waals surface area (Å²) in [4.78, 5) is 25.2. The number of para-hydroxylation sites is 2. The fraction of sp³-hybridized carbons (Fsp3) is 0.500. The second-order valence-electron chi connectivity index (χ2n) is 5.72. The number of quaternary nitrogens is 1. The summed E-state index contributed by atoms with van der Waals surface area (Å²) in [5, 5.41) is 2.83. The van der Waals surface area contributed by atoms with Gasteiger partial charge in [0.2, 0.25) is 0 Å². The van der Waals surface area contributed by atoms with E-state index >= 15 is 0 Å². The third kappa shape index (κ3) is 5.04. The summed E-state index contributed by atoms with van der Waals surface area (Å²) >= 11 is 0. The third-order valence-corrected chi connectivity index (χ3v) is 3.78. The summed E-state index contributed by atoms with van der Waals surface area (Å²) in [7, 11) is 5.25. The first-order valence-electron chi connectivity index (χ1n) is 7.43. The molecule has 0 saturated carbocycles. The zero-order valence-electron chi connectivity index (χ0n) is 14.0. The van der Waals surface area contributed by atoms with Crippen LogP contribution in [0, 0.1) is 0 Å². The van der Waals surface area contributed by atoms with Crippen molar-refractivity contribution in [2.24, 2.45) is 0 Å². The van der Waals surface area contributed by atoms with Gasteiger partial charge in [0.05, 0.1) is 25.8 Å².